The van der Waals surface area contributed by atoms with Crippen molar-refractivity contribution in [1.82, 2.24) is 24.8 Å². The smallest absolute Gasteiger partial charge is 0.251 e. The van der Waals surface area contributed by atoms with Crippen LogP contribution in [0.1, 0.15) is 53.2 Å². The maximum Gasteiger partial charge on any atom is 0.251 e. The second-order valence-electron chi connectivity index (χ2n) is 8.52. The summed E-state index contributed by atoms with van der Waals surface area (Å²) in [7, 11) is 2.15. The third kappa shape index (κ3) is 4.12. The summed E-state index contributed by atoms with van der Waals surface area (Å²) in [5.74, 6) is 6.87. The first-order chi connectivity index (χ1) is 15.1. The predicted molar refractivity (Wildman–Crippen MR) is 121 cm³/mol. The number of amides is 1. The lowest BCUT2D eigenvalue weighted by Gasteiger charge is -2.30. The number of nitrogens with one attached hydrogen (secondary N) is 1. The Balaban J connectivity index is 1.48. The van der Waals surface area contributed by atoms with E-state index in [2.05, 4.69) is 49.8 Å². The zero-order valence-corrected chi connectivity index (χ0v) is 17.6. The zero-order valence-electron chi connectivity index (χ0n) is 17.6. The number of hydrogen-bond donors (Lipinski definition) is 2. The maximum absolute atomic E-state index is 12.3. The molecule has 158 valence electrons. The molecule has 3 heterocycles. The third-order valence-electron chi connectivity index (χ3n) is 6.10. The lowest BCUT2D eigenvalue weighted by atomic mass is 10.1. The minimum absolute atomic E-state index is 0.0392. The maximum atomic E-state index is 12.3. The van der Waals surface area contributed by atoms with Crippen molar-refractivity contribution in [2.45, 2.75) is 37.8 Å². The molecule has 1 saturated carbocycles. The molecule has 3 aromatic rings. The summed E-state index contributed by atoms with van der Waals surface area (Å²) in [6, 6.07) is 8.14. The van der Waals surface area contributed by atoms with Crippen molar-refractivity contribution >= 4 is 22.8 Å². The van der Waals surface area contributed by atoms with Gasteiger partial charge in [-0.15, -0.1) is 0 Å². The average Bonchev–Trinajstić information content (AvgIpc) is 3.51. The molecule has 2 aliphatic rings. The quantitative estimate of drug-likeness (QED) is 0.643. The Morgan fingerprint density at radius 2 is 1.97 bits per heavy atom. The summed E-state index contributed by atoms with van der Waals surface area (Å²) in [5.41, 5.74) is 9.30. The Bertz CT molecular complexity index is 1190. The SMILES string of the molecule is CN1CCC(n2cc(C#Cc3cccc(C(=O)NC4CC4)c3)c3c(N)ncnc32)CC1. The van der Waals surface area contributed by atoms with Crippen molar-refractivity contribution in [2.24, 2.45) is 0 Å². The van der Waals surface area contributed by atoms with Crippen LogP contribution >= 0.6 is 0 Å². The van der Waals surface area contributed by atoms with Gasteiger partial charge in [-0.1, -0.05) is 17.9 Å². The van der Waals surface area contributed by atoms with Gasteiger partial charge in [0.2, 0.25) is 0 Å². The van der Waals surface area contributed by atoms with Gasteiger partial charge in [-0.05, 0) is 64.0 Å². The Labute approximate surface area is 181 Å². The van der Waals surface area contributed by atoms with E-state index < -0.39 is 0 Å². The van der Waals surface area contributed by atoms with Crippen molar-refractivity contribution in [2.75, 3.05) is 25.9 Å². The van der Waals surface area contributed by atoms with Crippen LogP contribution in [-0.4, -0.2) is 51.5 Å². The van der Waals surface area contributed by atoms with E-state index in [1.165, 1.54) is 6.33 Å². The Kier molecular flexibility index (Phi) is 5.08. The van der Waals surface area contributed by atoms with E-state index in [0.717, 1.165) is 60.9 Å². The van der Waals surface area contributed by atoms with Gasteiger partial charge in [-0.2, -0.15) is 0 Å². The van der Waals surface area contributed by atoms with Crippen LogP contribution in [0.25, 0.3) is 11.0 Å². The highest BCUT2D eigenvalue weighted by atomic mass is 16.1. The van der Waals surface area contributed by atoms with Crippen molar-refractivity contribution in [3.05, 3.63) is 53.5 Å². The predicted octanol–water partition coefficient (Wildman–Crippen LogP) is 2.57. The van der Waals surface area contributed by atoms with Crippen molar-refractivity contribution in [3.8, 4) is 11.8 Å². The first-order valence-electron chi connectivity index (χ1n) is 10.8. The second-order valence-corrected chi connectivity index (χ2v) is 8.52. The van der Waals surface area contributed by atoms with E-state index >= 15 is 0 Å². The van der Waals surface area contributed by atoms with Gasteiger partial charge in [-0.25, -0.2) is 9.97 Å². The fraction of sp³-hybridized carbons (Fsp3) is 0.375. The monoisotopic (exact) mass is 414 g/mol. The van der Waals surface area contributed by atoms with Crippen LogP contribution in [0.5, 0.6) is 0 Å². The number of likely N-dealkylation sites (tertiary alicyclic amines) is 1. The van der Waals surface area contributed by atoms with Crippen LogP contribution in [0, 0.1) is 11.8 Å². The minimum Gasteiger partial charge on any atom is -0.383 e. The number of carbonyl (C=O) groups is 1. The summed E-state index contributed by atoms with van der Waals surface area (Å²) in [6.45, 7) is 2.11. The molecule has 2 fully saturated rings. The van der Waals surface area contributed by atoms with Crippen LogP contribution in [0.3, 0.4) is 0 Å². The number of aromatic nitrogens is 3. The number of anilines is 1. The summed E-state index contributed by atoms with van der Waals surface area (Å²) in [5, 5.41) is 3.82. The van der Waals surface area contributed by atoms with Crippen LogP contribution in [0.15, 0.2) is 36.8 Å². The van der Waals surface area contributed by atoms with Gasteiger partial charge in [0.25, 0.3) is 5.91 Å². The number of nitrogens with zero attached hydrogens (tertiary/aromatic N) is 4. The van der Waals surface area contributed by atoms with E-state index in [-0.39, 0.29) is 5.91 Å². The molecule has 1 aliphatic carbocycles. The number of fused-ring (bicyclic) bond motifs is 1. The van der Waals surface area contributed by atoms with Gasteiger partial charge in [0.1, 0.15) is 17.8 Å². The molecular weight excluding hydrogens is 388 g/mol. The molecule has 7 nitrogen and oxygen atoms in total. The molecule has 1 aromatic carbocycles. The summed E-state index contributed by atoms with van der Waals surface area (Å²) < 4.78 is 2.21. The number of piperidine rings is 1. The Morgan fingerprint density at radius 3 is 2.74 bits per heavy atom. The van der Waals surface area contributed by atoms with E-state index in [1.54, 1.807) is 0 Å². The molecule has 31 heavy (non-hydrogen) atoms. The summed E-state index contributed by atoms with van der Waals surface area (Å²) in [4.78, 5) is 23.4. The molecule has 0 radical (unpaired) electrons. The largest absolute Gasteiger partial charge is 0.383 e. The molecule has 7 heteroatoms. The molecule has 0 spiro atoms. The number of nitrogens with two attached hydrogens (primary N) is 1. The molecule has 1 amide bonds. The van der Waals surface area contributed by atoms with Gasteiger partial charge in [0.05, 0.1) is 10.9 Å². The van der Waals surface area contributed by atoms with Crippen LogP contribution in [-0.2, 0) is 0 Å². The molecule has 1 saturated heterocycles. The number of benzene rings is 1. The lowest BCUT2D eigenvalue weighted by Crippen LogP contribution is -2.31. The topological polar surface area (TPSA) is 89.1 Å². The Morgan fingerprint density at radius 1 is 1.16 bits per heavy atom. The van der Waals surface area contributed by atoms with Crippen LogP contribution in [0.2, 0.25) is 0 Å². The molecule has 0 unspecified atom stereocenters. The number of nitrogen functional groups attached to an aromatic ring is 1. The van der Waals surface area contributed by atoms with Crippen molar-refractivity contribution in [1.29, 1.82) is 0 Å². The molecule has 3 N–H and O–H groups in total. The van der Waals surface area contributed by atoms with Crippen molar-refractivity contribution in [3.63, 3.8) is 0 Å². The summed E-state index contributed by atoms with van der Waals surface area (Å²) >= 11 is 0. The second kappa shape index (κ2) is 8.05. The molecule has 0 atom stereocenters. The van der Waals surface area contributed by atoms with Crippen LogP contribution in [0.4, 0.5) is 5.82 Å². The molecule has 2 aromatic heterocycles. The first-order valence-corrected chi connectivity index (χ1v) is 10.8. The van der Waals surface area contributed by atoms with Gasteiger partial charge >= 0.3 is 0 Å². The molecule has 1 aliphatic heterocycles. The van der Waals surface area contributed by atoms with E-state index in [4.69, 9.17) is 5.73 Å². The number of carbonyl (C=O) groups excluding carboxylic acids is 1. The highest BCUT2D eigenvalue weighted by molar-refractivity contribution is 5.95. The highest BCUT2D eigenvalue weighted by Crippen LogP contribution is 2.30. The normalized spacial score (nSPS) is 17.3. The average molecular weight is 415 g/mol. The van der Waals surface area contributed by atoms with Gasteiger partial charge in [0, 0.05) is 29.4 Å². The van der Waals surface area contributed by atoms with E-state index in [0.29, 0.717) is 23.5 Å². The fourth-order valence-electron chi connectivity index (χ4n) is 4.13. The minimum atomic E-state index is -0.0392. The molecule has 0 bridgehead atoms. The van der Waals surface area contributed by atoms with Crippen LogP contribution < -0.4 is 11.1 Å². The molecular formula is C24H26N6O. The lowest BCUT2D eigenvalue weighted by molar-refractivity contribution is 0.0951. The van der Waals surface area contributed by atoms with Gasteiger partial charge in [0.15, 0.2) is 0 Å². The Hall–Kier alpha value is -3.37. The first kappa shape index (κ1) is 19.6. The van der Waals surface area contributed by atoms with E-state index in [9.17, 15) is 4.79 Å². The van der Waals surface area contributed by atoms with Gasteiger partial charge in [-0.3, -0.25) is 4.79 Å². The van der Waals surface area contributed by atoms with Gasteiger partial charge < -0.3 is 20.5 Å². The number of rotatable bonds is 3. The highest BCUT2D eigenvalue weighted by Gasteiger charge is 2.24. The standard InChI is InChI=1S/C24H26N6O/c1-29-11-9-20(10-12-29)30-14-18(21-22(25)26-15-27-23(21)30)6-5-16-3-2-4-17(13-16)24(31)28-19-7-8-19/h2-4,13-15,19-20H,7-12H2,1H3,(H,28,31)(H2,25,26,27). The zero-order chi connectivity index (χ0) is 21.4. The number of hydrogen-bond acceptors (Lipinski definition) is 5. The fourth-order valence-corrected chi connectivity index (χ4v) is 4.13. The van der Waals surface area contributed by atoms with E-state index in [1.807, 2.05) is 24.3 Å². The third-order valence-corrected chi connectivity index (χ3v) is 6.10. The summed E-state index contributed by atoms with van der Waals surface area (Å²) in [6.07, 6.45) is 7.83. The van der Waals surface area contributed by atoms with Crippen molar-refractivity contribution < 1.29 is 4.79 Å². The molecule has 5 rings (SSSR count).